The lowest BCUT2D eigenvalue weighted by molar-refractivity contribution is 0.542. The van der Waals surface area contributed by atoms with Crippen LogP contribution in [-0.2, 0) is 5.75 Å². The van der Waals surface area contributed by atoms with Crippen molar-refractivity contribution in [1.82, 2.24) is 19.7 Å². The summed E-state index contributed by atoms with van der Waals surface area (Å²) >= 11 is 3.31. The van der Waals surface area contributed by atoms with Crippen molar-refractivity contribution in [2.45, 2.75) is 36.7 Å². The molecule has 21 heavy (non-hydrogen) atoms. The number of hydrogen-bond acceptors (Lipinski definition) is 6. The Morgan fingerprint density at radius 1 is 1.48 bits per heavy atom. The monoisotopic (exact) mass is 318 g/mol. The molecule has 1 aliphatic carbocycles. The van der Waals surface area contributed by atoms with Crippen LogP contribution >= 0.6 is 23.1 Å². The zero-order chi connectivity index (χ0) is 14.2. The molecule has 0 spiro atoms. The molecule has 0 radical (unpaired) electrons. The minimum atomic E-state index is 0.600. The molecule has 3 heterocycles. The smallest absolute Gasteiger partial charge is 0.236 e. The molecule has 3 aromatic rings. The van der Waals surface area contributed by atoms with Gasteiger partial charge in [-0.3, -0.25) is 0 Å². The molecule has 0 aromatic carbocycles. The second-order valence-corrected chi connectivity index (χ2v) is 6.93. The summed E-state index contributed by atoms with van der Waals surface area (Å²) in [5, 5.41) is 11.2. The largest absolute Gasteiger partial charge is 0.440 e. The minimum Gasteiger partial charge on any atom is -0.440 e. The normalized spacial score (nSPS) is 14.7. The molecular formula is C14H14N4OS2. The number of hydrogen-bond donors (Lipinski definition) is 0. The van der Waals surface area contributed by atoms with Crippen molar-refractivity contribution in [1.29, 1.82) is 0 Å². The highest BCUT2D eigenvalue weighted by atomic mass is 32.2. The van der Waals surface area contributed by atoms with Gasteiger partial charge in [0.1, 0.15) is 12.1 Å². The second kappa shape index (κ2) is 5.31. The minimum absolute atomic E-state index is 0.600. The lowest BCUT2D eigenvalue weighted by atomic mass is 10.4. The van der Waals surface area contributed by atoms with Gasteiger partial charge in [0, 0.05) is 11.8 Å². The van der Waals surface area contributed by atoms with Gasteiger partial charge in [0.25, 0.3) is 0 Å². The molecule has 5 nitrogen and oxygen atoms in total. The third kappa shape index (κ3) is 2.63. The Kier molecular flexibility index (Phi) is 3.31. The van der Waals surface area contributed by atoms with Crippen LogP contribution in [0.25, 0.3) is 10.8 Å². The Morgan fingerprint density at radius 2 is 2.38 bits per heavy atom. The molecule has 0 amide bonds. The fourth-order valence-corrected chi connectivity index (χ4v) is 3.77. The molecule has 0 aliphatic heterocycles. The molecule has 4 rings (SSSR count). The Bertz CT molecular complexity index is 743. The highest BCUT2D eigenvalue weighted by Gasteiger charge is 2.26. The van der Waals surface area contributed by atoms with Crippen LogP contribution in [0.15, 0.2) is 33.4 Å². The lowest BCUT2D eigenvalue weighted by Gasteiger charge is -2.02. The van der Waals surface area contributed by atoms with Crippen molar-refractivity contribution in [3.8, 4) is 10.8 Å². The van der Waals surface area contributed by atoms with Crippen LogP contribution in [0, 0.1) is 6.92 Å². The van der Waals surface area contributed by atoms with E-state index in [1.54, 1.807) is 23.1 Å². The predicted octanol–water partition coefficient (Wildman–Crippen LogP) is 3.93. The highest BCUT2D eigenvalue weighted by Crippen LogP contribution is 2.38. The Hall–Kier alpha value is -1.60. The lowest BCUT2D eigenvalue weighted by Crippen LogP contribution is -1.95. The van der Waals surface area contributed by atoms with Gasteiger partial charge in [-0.15, -0.1) is 21.5 Å². The number of rotatable bonds is 5. The first-order valence-electron chi connectivity index (χ1n) is 6.84. The third-order valence-corrected chi connectivity index (χ3v) is 5.27. The van der Waals surface area contributed by atoms with Gasteiger partial charge in [-0.2, -0.15) is 0 Å². The zero-order valence-corrected chi connectivity index (χ0v) is 13.2. The van der Waals surface area contributed by atoms with Crippen molar-refractivity contribution >= 4 is 23.1 Å². The van der Waals surface area contributed by atoms with Gasteiger partial charge in [0.2, 0.25) is 5.89 Å². The number of aryl methyl sites for hydroxylation is 1. The second-order valence-electron chi connectivity index (χ2n) is 5.04. The van der Waals surface area contributed by atoms with E-state index < -0.39 is 0 Å². The van der Waals surface area contributed by atoms with E-state index in [4.69, 9.17) is 4.42 Å². The van der Waals surface area contributed by atoms with Gasteiger partial charge in [0.05, 0.1) is 10.6 Å². The van der Waals surface area contributed by atoms with Gasteiger partial charge < -0.3 is 8.98 Å². The molecule has 0 N–H and O–H groups in total. The fourth-order valence-electron chi connectivity index (χ4n) is 2.14. The van der Waals surface area contributed by atoms with Crippen LogP contribution in [0.2, 0.25) is 0 Å². The van der Waals surface area contributed by atoms with E-state index in [1.165, 1.54) is 12.8 Å². The maximum absolute atomic E-state index is 5.76. The first-order valence-corrected chi connectivity index (χ1v) is 8.70. The van der Waals surface area contributed by atoms with E-state index in [2.05, 4.69) is 19.7 Å². The van der Waals surface area contributed by atoms with Crippen molar-refractivity contribution < 1.29 is 4.42 Å². The number of nitrogens with zero attached hydrogens (tertiary/aromatic N) is 4. The fraction of sp³-hybridized carbons (Fsp3) is 0.357. The van der Waals surface area contributed by atoms with E-state index in [1.807, 2.05) is 30.8 Å². The molecule has 0 bridgehead atoms. The Balaban J connectivity index is 1.51. The Morgan fingerprint density at radius 3 is 3.14 bits per heavy atom. The molecule has 0 atom stereocenters. The van der Waals surface area contributed by atoms with Gasteiger partial charge in [-0.25, -0.2) is 4.98 Å². The van der Waals surface area contributed by atoms with Crippen LogP contribution in [0.5, 0.6) is 0 Å². The standard InChI is InChI=1S/C14H14N4OS2/c1-9-11(16-13(19-9)12-3-2-6-20-12)7-21-14-17-15-8-18(14)10-4-5-10/h2-3,6,8,10H,4-5,7H2,1H3. The van der Waals surface area contributed by atoms with Gasteiger partial charge in [0.15, 0.2) is 5.16 Å². The molecule has 1 saturated carbocycles. The van der Waals surface area contributed by atoms with Crippen molar-refractivity contribution in [3.63, 3.8) is 0 Å². The molecule has 1 aliphatic rings. The van der Waals surface area contributed by atoms with Crippen molar-refractivity contribution in [2.24, 2.45) is 0 Å². The molecule has 3 aromatic heterocycles. The van der Waals surface area contributed by atoms with Gasteiger partial charge >= 0.3 is 0 Å². The van der Waals surface area contributed by atoms with Crippen LogP contribution in [0.1, 0.15) is 30.3 Å². The van der Waals surface area contributed by atoms with E-state index in [0.29, 0.717) is 11.9 Å². The van der Waals surface area contributed by atoms with Crippen LogP contribution in [-0.4, -0.2) is 19.7 Å². The molecule has 0 saturated heterocycles. The van der Waals surface area contributed by atoms with E-state index >= 15 is 0 Å². The predicted molar refractivity (Wildman–Crippen MR) is 82.4 cm³/mol. The average Bonchev–Trinajstić information content (AvgIpc) is 2.94. The number of thioether (sulfide) groups is 1. The number of oxazole rings is 1. The molecule has 0 unspecified atom stereocenters. The number of thiophene rings is 1. The summed E-state index contributed by atoms with van der Waals surface area (Å²) in [6.07, 6.45) is 4.29. The van der Waals surface area contributed by atoms with E-state index in [0.717, 1.165) is 27.2 Å². The summed E-state index contributed by atoms with van der Waals surface area (Å²) in [6, 6.07) is 4.63. The van der Waals surface area contributed by atoms with Crippen molar-refractivity contribution in [3.05, 3.63) is 35.3 Å². The highest BCUT2D eigenvalue weighted by molar-refractivity contribution is 7.98. The summed E-state index contributed by atoms with van der Waals surface area (Å²) in [7, 11) is 0. The molecule has 7 heteroatoms. The summed E-state index contributed by atoms with van der Waals surface area (Å²) in [5.74, 6) is 2.34. The van der Waals surface area contributed by atoms with Gasteiger partial charge in [-0.05, 0) is 31.2 Å². The SMILES string of the molecule is Cc1oc(-c2cccs2)nc1CSc1nncn1C1CC1. The first-order chi connectivity index (χ1) is 10.3. The van der Waals surface area contributed by atoms with Crippen LogP contribution < -0.4 is 0 Å². The molecular weight excluding hydrogens is 304 g/mol. The third-order valence-electron chi connectivity index (χ3n) is 3.44. The quantitative estimate of drug-likeness (QED) is 0.667. The zero-order valence-electron chi connectivity index (χ0n) is 11.5. The average molecular weight is 318 g/mol. The summed E-state index contributed by atoms with van der Waals surface area (Å²) < 4.78 is 7.93. The summed E-state index contributed by atoms with van der Waals surface area (Å²) in [5.41, 5.74) is 0.980. The topological polar surface area (TPSA) is 56.7 Å². The van der Waals surface area contributed by atoms with E-state index in [9.17, 15) is 0 Å². The number of aromatic nitrogens is 4. The first kappa shape index (κ1) is 13.1. The van der Waals surface area contributed by atoms with Crippen molar-refractivity contribution in [2.75, 3.05) is 0 Å². The van der Waals surface area contributed by atoms with Crippen LogP contribution in [0.4, 0.5) is 0 Å². The van der Waals surface area contributed by atoms with Gasteiger partial charge in [-0.1, -0.05) is 17.8 Å². The molecule has 1 fully saturated rings. The summed E-state index contributed by atoms with van der Waals surface area (Å²) in [4.78, 5) is 5.67. The van der Waals surface area contributed by atoms with Crippen LogP contribution in [0.3, 0.4) is 0 Å². The molecule has 108 valence electrons. The maximum atomic E-state index is 5.76. The van der Waals surface area contributed by atoms with E-state index in [-0.39, 0.29) is 0 Å². The maximum Gasteiger partial charge on any atom is 0.236 e. The summed E-state index contributed by atoms with van der Waals surface area (Å²) in [6.45, 7) is 1.96. The Labute approximate surface area is 130 Å².